The fraction of sp³-hybridized carbons (Fsp3) is 0.364. The third-order valence-electron chi connectivity index (χ3n) is 2.36. The summed E-state index contributed by atoms with van der Waals surface area (Å²) in [5.41, 5.74) is 1.57. The van der Waals surface area contributed by atoms with Crippen molar-refractivity contribution < 1.29 is 39.4 Å². The number of amidine groups is 1. The topological polar surface area (TPSA) is 48.0 Å². The monoisotopic (exact) mass is 414 g/mol. The van der Waals surface area contributed by atoms with Gasteiger partial charge in [-0.05, 0) is 17.3 Å². The van der Waals surface area contributed by atoms with E-state index in [1.165, 1.54) is 4.85 Å². The predicted octanol–water partition coefficient (Wildman–Crippen LogP) is 3.50. The molecule has 0 spiro atoms. The van der Waals surface area contributed by atoms with Crippen LogP contribution >= 0.6 is 19.4 Å². The van der Waals surface area contributed by atoms with Gasteiger partial charge < -0.3 is 0 Å². The summed E-state index contributed by atoms with van der Waals surface area (Å²) in [5.74, 6) is 0. The molecule has 1 N–H and O–H groups in total. The summed E-state index contributed by atoms with van der Waals surface area (Å²) in [7, 11) is -3.04. The molecule has 0 fully saturated rings. The van der Waals surface area contributed by atoms with Crippen LogP contribution < -0.4 is 9.68 Å². The van der Waals surface area contributed by atoms with E-state index in [-0.39, 0.29) is 0 Å². The SMILES string of the molecule is CN(C)C(O[n+]1[nH]nc2ccc(Cl)cc21)=[N+](C)C.F[P-](F)(F)(F)(F)F. The second-order valence-electron chi connectivity index (χ2n) is 5.26. The van der Waals surface area contributed by atoms with Gasteiger partial charge in [0.15, 0.2) is 0 Å². The summed E-state index contributed by atoms with van der Waals surface area (Å²) in [6.45, 7) is 0. The van der Waals surface area contributed by atoms with E-state index >= 15 is 0 Å². The second kappa shape index (κ2) is 6.17. The molecule has 0 saturated heterocycles. The van der Waals surface area contributed by atoms with Crippen LogP contribution in [0.1, 0.15) is 0 Å². The maximum atomic E-state index is 9.87. The van der Waals surface area contributed by atoms with E-state index in [0.29, 0.717) is 11.0 Å². The number of hydrogen-bond acceptors (Lipinski definition) is 2. The van der Waals surface area contributed by atoms with E-state index in [2.05, 4.69) is 10.3 Å². The zero-order valence-electron chi connectivity index (χ0n) is 13.5. The zero-order chi connectivity index (χ0) is 19.7. The molecule has 0 bridgehead atoms. The molecule has 0 aliphatic heterocycles. The van der Waals surface area contributed by atoms with Gasteiger partial charge in [0.1, 0.15) is 0 Å². The van der Waals surface area contributed by atoms with Gasteiger partial charge in [-0.25, -0.2) is 9.48 Å². The van der Waals surface area contributed by atoms with Gasteiger partial charge in [0.2, 0.25) is 0 Å². The quantitative estimate of drug-likeness (QED) is 0.255. The zero-order valence-corrected chi connectivity index (χ0v) is 15.2. The van der Waals surface area contributed by atoms with E-state index in [1.807, 2.05) is 43.7 Å². The molecule has 144 valence electrons. The summed E-state index contributed by atoms with van der Waals surface area (Å²) < 4.78 is 61.1. The molecule has 0 radical (unpaired) electrons. The molecule has 1 aromatic carbocycles. The Morgan fingerprint density at radius 1 is 1.20 bits per heavy atom. The number of aromatic amines is 1. The van der Waals surface area contributed by atoms with Gasteiger partial charge in [0, 0.05) is 21.0 Å². The average molecular weight is 415 g/mol. The number of aromatic nitrogens is 3. The molecule has 6 nitrogen and oxygen atoms in total. The molecule has 0 aliphatic carbocycles. The van der Waals surface area contributed by atoms with E-state index < -0.39 is 7.81 Å². The molecule has 1 aromatic heterocycles. The normalized spacial score (nSPS) is 14.0. The van der Waals surface area contributed by atoms with Crippen LogP contribution in [0, 0.1) is 0 Å². The van der Waals surface area contributed by atoms with Crippen LogP contribution in [0.2, 0.25) is 5.02 Å². The van der Waals surface area contributed by atoms with Gasteiger partial charge >= 0.3 is 39.0 Å². The van der Waals surface area contributed by atoms with Crippen LogP contribution in [0.15, 0.2) is 18.2 Å². The Balaban J connectivity index is 0.000000381. The Hall–Kier alpha value is -1.81. The number of H-pyrrole nitrogens is 1. The van der Waals surface area contributed by atoms with Crippen molar-refractivity contribution >= 4 is 36.5 Å². The number of halogens is 7. The molecule has 0 saturated carbocycles. The Bertz CT molecular complexity index is 789. The number of rotatable bonds is 1. The van der Waals surface area contributed by atoms with Crippen molar-refractivity contribution in [3.63, 3.8) is 0 Å². The van der Waals surface area contributed by atoms with Gasteiger partial charge in [-0.2, -0.15) is 4.84 Å². The summed E-state index contributed by atoms with van der Waals surface area (Å²) >= 11 is 5.97. The van der Waals surface area contributed by atoms with Crippen molar-refractivity contribution in [1.29, 1.82) is 0 Å². The Morgan fingerprint density at radius 3 is 2.16 bits per heavy atom. The van der Waals surface area contributed by atoms with Crippen molar-refractivity contribution in [3.8, 4) is 0 Å². The first kappa shape index (κ1) is 21.2. The van der Waals surface area contributed by atoms with Crippen molar-refractivity contribution in [3.05, 3.63) is 23.2 Å². The molecule has 0 aliphatic rings. The molecule has 1 heterocycles. The number of benzene rings is 1. The summed E-state index contributed by atoms with van der Waals surface area (Å²) in [6, 6.07) is 6.09. The fourth-order valence-corrected chi connectivity index (χ4v) is 1.79. The summed E-state index contributed by atoms with van der Waals surface area (Å²) in [4.78, 5) is 9.10. The first-order valence-electron chi connectivity index (χ1n) is 6.46. The van der Waals surface area contributed by atoms with Gasteiger partial charge in [0.05, 0.1) is 28.2 Å². The molecule has 0 atom stereocenters. The third kappa shape index (κ3) is 8.73. The predicted molar refractivity (Wildman–Crippen MR) is 82.2 cm³/mol. The van der Waals surface area contributed by atoms with Gasteiger partial charge in [-0.15, -0.1) is 0 Å². The van der Waals surface area contributed by atoms with Crippen molar-refractivity contribution in [2.24, 2.45) is 0 Å². The molecule has 2 rings (SSSR count). The first-order chi connectivity index (χ1) is 10.9. The Morgan fingerprint density at radius 2 is 1.72 bits per heavy atom. The molecule has 25 heavy (non-hydrogen) atoms. The van der Waals surface area contributed by atoms with E-state index in [0.717, 1.165) is 11.0 Å². The van der Waals surface area contributed by atoms with E-state index in [9.17, 15) is 25.2 Å². The van der Waals surface area contributed by atoms with Crippen LogP contribution in [0.4, 0.5) is 25.2 Å². The average Bonchev–Trinajstić information content (AvgIpc) is 2.73. The second-order valence-corrected chi connectivity index (χ2v) is 7.61. The number of hydrogen-bond donors (Lipinski definition) is 1. The minimum absolute atomic E-state index is 0.637. The first-order valence-corrected chi connectivity index (χ1v) is 8.86. The van der Waals surface area contributed by atoms with Crippen LogP contribution in [0.3, 0.4) is 0 Å². The third-order valence-corrected chi connectivity index (χ3v) is 2.59. The van der Waals surface area contributed by atoms with Crippen LogP contribution in [0.5, 0.6) is 0 Å². The standard InChI is InChI=1S/C11H15ClN5O.F6P/c1-15(2)11(16(3)4)18-17-10-7-8(12)5-6-9(10)13-14-17;1-7(2,3,4,5)6/h5-7H,1-4H3;/q+1;-1/p+1. The van der Waals surface area contributed by atoms with E-state index in [4.69, 9.17) is 16.4 Å². The van der Waals surface area contributed by atoms with Crippen LogP contribution in [0.25, 0.3) is 11.0 Å². The molecule has 14 heteroatoms. The molecular formula is C11H16ClF6N5OP+. The van der Waals surface area contributed by atoms with Crippen molar-refractivity contribution in [1.82, 2.24) is 15.2 Å². The van der Waals surface area contributed by atoms with Crippen molar-refractivity contribution in [2.45, 2.75) is 0 Å². The molecule has 0 unspecified atom stereocenters. The van der Waals surface area contributed by atoms with Crippen molar-refractivity contribution in [2.75, 3.05) is 28.2 Å². The molecule has 2 aromatic rings. The van der Waals surface area contributed by atoms with Gasteiger partial charge in [-0.1, -0.05) is 11.6 Å². The Labute approximate surface area is 143 Å². The summed E-state index contributed by atoms with van der Waals surface area (Å²) in [6.07, 6.45) is 0. The van der Waals surface area contributed by atoms with Crippen LogP contribution in [-0.2, 0) is 0 Å². The van der Waals surface area contributed by atoms with Crippen LogP contribution in [-0.4, -0.2) is 54.0 Å². The van der Waals surface area contributed by atoms with E-state index in [1.54, 1.807) is 12.1 Å². The number of nitrogens with zero attached hydrogens (tertiary/aromatic N) is 4. The van der Waals surface area contributed by atoms with Gasteiger partial charge in [-0.3, -0.25) is 0 Å². The fourth-order valence-electron chi connectivity index (χ4n) is 1.62. The maximum absolute atomic E-state index is 10.7. The number of fused-ring (bicyclic) bond motifs is 1. The molecular weight excluding hydrogens is 399 g/mol. The number of nitrogens with one attached hydrogen (secondary N) is 1. The minimum atomic E-state index is -10.7. The molecule has 0 amide bonds. The summed E-state index contributed by atoms with van der Waals surface area (Å²) in [5, 5.41) is 7.56. The Kier molecular flexibility index (Phi) is 5.24. The van der Waals surface area contributed by atoms with Gasteiger partial charge in [0.25, 0.3) is 11.0 Å².